The van der Waals surface area contributed by atoms with Crippen LogP contribution in [0.25, 0.3) is 0 Å². The zero-order chi connectivity index (χ0) is 13.8. The molecule has 0 radical (unpaired) electrons. The monoisotopic (exact) mass is 278 g/mol. The third-order valence-corrected chi connectivity index (χ3v) is 2.85. The number of hydrogen-bond donors (Lipinski definition) is 2. The van der Waals surface area contributed by atoms with Gasteiger partial charge < -0.3 is 15.4 Å². The van der Waals surface area contributed by atoms with E-state index in [1.165, 1.54) is 0 Å². The van der Waals surface area contributed by atoms with Gasteiger partial charge in [0, 0.05) is 23.8 Å². The van der Waals surface area contributed by atoms with Crippen LogP contribution in [0.3, 0.4) is 0 Å². The maximum atomic E-state index is 6.00. The van der Waals surface area contributed by atoms with Crippen molar-refractivity contribution in [2.75, 3.05) is 24.8 Å². The molecular formula is C13H15ClN4O. The van der Waals surface area contributed by atoms with Crippen molar-refractivity contribution in [1.82, 2.24) is 9.97 Å². The predicted molar refractivity (Wildman–Crippen MR) is 77.6 cm³/mol. The van der Waals surface area contributed by atoms with Crippen molar-refractivity contribution in [3.63, 3.8) is 0 Å². The highest BCUT2D eigenvalue weighted by Crippen LogP contribution is 2.30. The summed E-state index contributed by atoms with van der Waals surface area (Å²) in [5.74, 6) is 1.96. The summed E-state index contributed by atoms with van der Waals surface area (Å²) in [6.45, 7) is 1.93. The molecule has 6 heteroatoms. The molecule has 1 aromatic heterocycles. The van der Waals surface area contributed by atoms with Crippen LogP contribution in [0.5, 0.6) is 5.75 Å². The summed E-state index contributed by atoms with van der Waals surface area (Å²) >= 11 is 6.00. The van der Waals surface area contributed by atoms with E-state index in [0.717, 1.165) is 11.3 Å². The molecule has 0 unspecified atom stereocenters. The summed E-state index contributed by atoms with van der Waals surface area (Å²) in [4.78, 5) is 8.50. The maximum absolute atomic E-state index is 6.00. The molecule has 0 amide bonds. The third-order valence-electron chi connectivity index (χ3n) is 2.61. The molecule has 19 heavy (non-hydrogen) atoms. The lowest BCUT2D eigenvalue weighted by atomic mass is 10.2. The Balaban J connectivity index is 2.37. The van der Waals surface area contributed by atoms with E-state index in [1.54, 1.807) is 38.6 Å². The minimum absolute atomic E-state index is 0.550. The van der Waals surface area contributed by atoms with E-state index >= 15 is 0 Å². The Morgan fingerprint density at radius 2 is 2.11 bits per heavy atom. The lowest BCUT2D eigenvalue weighted by molar-refractivity contribution is 0.417. The van der Waals surface area contributed by atoms with E-state index < -0.39 is 0 Å². The normalized spacial score (nSPS) is 10.1. The summed E-state index contributed by atoms with van der Waals surface area (Å²) in [7, 11) is 3.38. The van der Waals surface area contributed by atoms with Gasteiger partial charge in [-0.2, -0.15) is 4.98 Å². The minimum Gasteiger partial charge on any atom is -0.495 e. The van der Waals surface area contributed by atoms with E-state index in [9.17, 15) is 0 Å². The number of anilines is 3. The van der Waals surface area contributed by atoms with E-state index in [0.29, 0.717) is 22.5 Å². The molecule has 100 valence electrons. The first kappa shape index (κ1) is 13.4. The molecule has 2 aromatic rings. The number of hydrogen-bond acceptors (Lipinski definition) is 5. The summed E-state index contributed by atoms with van der Waals surface area (Å²) < 4.78 is 5.29. The summed E-state index contributed by atoms with van der Waals surface area (Å²) in [6, 6.07) is 5.37. The van der Waals surface area contributed by atoms with Crippen molar-refractivity contribution >= 4 is 29.1 Å². The fourth-order valence-electron chi connectivity index (χ4n) is 1.59. The fourth-order valence-corrected chi connectivity index (χ4v) is 1.77. The van der Waals surface area contributed by atoms with Crippen molar-refractivity contribution in [2.24, 2.45) is 0 Å². The number of nitrogens with one attached hydrogen (secondary N) is 2. The standard InChI is InChI=1S/C13H15ClN4O/c1-8-7-16-13(15-2)18-12(8)17-10-6-9(14)4-5-11(10)19-3/h4-7H,1-3H3,(H2,15,16,17,18). The molecule has 0 aliphatic carbocycles. The van der Waals surface area contributed by atoms with Gasteiger partial charge in [-0.25, -0.2) is 4.98 Å². The van der Waals surface area contributed by atoms with Gasteiger partial charge in [-0.15, -0.1) is 0 Å². The van der Waals surface area contributed by atoms with Crippen LogP contribution in [0.15, 0.2) is 24.4 Å². The Labute approximate surface area is 117 Å². The van der Waals surface area contributed by atoms with Crippen LogP contribution < -0.4 is 15.4 Å². The number of ether oxygens (including phenoxy) is 1. The average Bonchev–Trinajstić information content (AvgIpc) is 2.41. The van der Waals surface area contributed by atoms with Crippen LogP contribution in [0.2, 0.25) is 5.02 Å². The topological polar surface area (TPSA) is 59.1 Å². The van der Waals surface area contributed by atoms with Crippen molar-refractivity contribution in [3.05, 3.63) is 35.0 Å². The number of aromatic nitrogens is 2. The average molecular weight is 279 g/mol. The van der Waals surface area contributed by atoms with Gasteiger partial charge in [-0.1, -0.05) is 11.6 Å². The van der Waals surface area contributed by atoms with Crippen LogP contribution >= 0.6 is 11.6 Å². The van der Waals surface area contributed by atoms with E-state index in [4.69, 9.17) is 16.3 Å². The fraction of sp³-hybridized carbons (Fsp3) is 0.231. The minimum atomic E-state index is 0.550. The molecule has 1 heterocycles. The second-order valence-corrected chi connectivity index (χ2v) is 4.38. The lowest BCUT2D eigenvalue weighted by Gasteiger charge is -2.13. The maximum Gasteiger partial charge on any atom is 0.224 e. The summed E-state index contributed by atoms with van der Waals surface area (Å²) in [5, 5.41) is 6.74. The van der Waals surface area contributed by atoms with Gasteiger partial charge in [0.25, 0.3) is 0 Å². The first-order valence-corrected chi connectivity index (χ1v) is 6.14. The number of rotatable bonds is 4. The first-order chi connectivity index (χ1) is 9.13. The molecule has 1 aromatic carbocycles. The van der Waals surface area contributed by atoms with E-state index in [2.05, 4.69) is 20.6 Å². The highest BCUT2D eigenvalue weighted by Gasteiger charge is 2.08. The Hall–Kier alpha value is -2.01. The highest BCUT2D eigenvalue weighted by molar-refractivity contribution is 6.31. The van der Waals surface area contributed by atoms with Crippen molar-refractivity contribution in [3.8, 4) is 5.75 Å². The van der Waals surface area contributed by atoms with Gasteiger partial charge in [-0.3, -0.25) is 0 Å². The Morgan fingerprint density at radius 1 is 1.32 bits per heavy atom. The molecule has 0 saturated heterocycles. The lowest BCUT2D eigenvalue weighted by Crippen LogP contribution is -2.03. The van der Waals surface area contributed by atoms with Crippen molar-refractivity contribution in [2.45, 2.75) is 6.92 Å². The molecule has 0 fully saturated rings. The van der Waals surface area contributed by atoms with Gasteiger partial charge in [-0.05, 0) is 25.1 Å². The molecule has 0 bridgehead atoms. The van der Waals surface area contributed by atoms with E-state index in [1.807, 2.05) is 6.92 Å². The van der Waals surface area contributed by atoms with Crippen molar-refractivity contribution < 1.29 is 4.74 Å². The number of benzene rings is 1. The third kappa shape index (κ3) is 3.06. The van der Waals surface area contributed by atoms with Crippen LogP contribution in [-0.2, 0) is 0 Å². The number of halogens is 1. The predicted octanol–water partition coefficient (Wildman–Crippen LogP) is 3.23. The molecule has 2 rings (SSSR count). The number of methoxy groups -OCH3 is 1. The summed E-state index contributed by atoms with van der Waals surface area (Å²) in [6.07, 6.45) is 1.75. The summed E-state index contributed by atoms with van der Waals surface area (Å²) in [5.41, 5.74) is 1.69. The van der Waals surface area contributed by atoms with Crippen LogP contribution in [0.4, 0.5) is 17.5 Å². The number of nitrogens with zero attached hydrogens (tertiary/aromatic N) is 2. The molecule has 5 nitrogen and oxygen atoms in total. The quantitative estimate of drug-likeness (QED) is 0.899. The number of aryl methyl sites for hydroxylation is 1. The van der Waals surface area contributed by atoms with Crippen LogP contribution in [0.1, 0.15) is 5.56 Å². The molecule has 0 aliphatic heterocycles. The second kappa shape index (κ2) is 5.75. The van der Waals surface area contributed by atoms with Crippen molar-refractivity contribution in [1.29, 1.82) is 0 Å². The highest BCUT2D eigenvalue weighted by atomic mass is 35.5. The molecule has 0 saturated carbocycles. The zero-order valence-electron chi connectivity index (χ0n) is 11.0. The molecular weight excluding hydrogens is 264 g/mol. The zero-order valence-corrected chi connectivity index (χ0v) is 11.7. The first-order valence-electron chi connectivity index (χ1n) is 5.76. The van der Waals surface area contributed by atoms with E-state index in [-0.39, 0.29) is 0 Å². The van der Waals surface area contributed by atoms with Gasteiger partial charge in [0.15, 0.2) is 0 Å². The largest absolute Gasteiger partial charge is 0.495 e. The Bertz CT molecular complexity index is 589. The molecule has 0 aliphatic rings. The van der Waals surface area contributed by atoms with Crippen LogP contribution in [0, 0.1) is 6.92 Å². The van der Waals surface area contributed by atoms with Crippen LogP contribution in [-0.4, -0.2) is 24.1 Å². The molecule has 2 N–H and O–H groups in total. The van der Waals surface area contributed by atoms with Gasteiger partial charge in [0.2, 0.25) is 5.95 Å². The van der Waals surface area contributed by atoms with Gasteiger partial charge in [0.05, 0.1) is 12.8 Å². The molecule has 0 spiro atoms. The smallest absolute Gasteiger partial charge is 0.224 e. The second-order valence-electron chi connectivity index (χ2n) is 3.94. The SMILES string of the molecule is CNc1ncc(C)c(Nc2cc(Cl)ccc2OC)n1. The Morgan fingerprint density at radius 3 is 2.79 bits per heavy atom. The van der Waals surface area contributed by atoms with Gasteiger partial charge >= 0.3 is 0 Å². The molecule has 0 atom stereocenters. The van der Waals surface area contributed by atoms with Gasteiger partial charge in [0.1, 0.15) is 11.6 Å². The Kier molecular flexibility index (Phi) is 4.06.